The van der Waals surface area contributed by atoms with E-state index < -0.39 is 59.9 Å². The highest BCUT2D eigenvalue weighted by Gasteiger charge is 2.33. The largest absolute Gasteiger partial charge is 0.480 e. The number of H-pyrrole nitrogens is 1. The molecular formula is C26H38N6O7. The van der Waals surface area contributed by atoms with Crippen LogP contribution < -0.4 is 27.4 Å². The van der Waals surface area contributed by atoms with Crippen molar-refractivity contribution in [3.8, 4) is 0 Å². The molecule has 1 aromatic heterocycles. The number of fused-ring (bicyclic) bond motifs is 1. The zero-order valence-electron chi connectivity index (χ0n) is 22.3. The van der Waals surface area contributed by atoms with Crippen molar-refractivity contribution in [3.63, 3.8) is 0 Å². The topological polar surface area (TPSA) is 230 Å². The second-order valence-electron chi connectivity index (χ2n) is 9.67. The van der Waals surface area contributed by atoms with Crippen molar-refractivity contribution >= 4 is 40.5 Å². The van der Waals surface area contributed by atoms with Gasteiger partial charge in [0.05, 0.1) is 6.10 Å². The molecule has 0 aliphatic rings. The second-order valence-corrected chi connectivity index (χ2v) is 9.67. The van der Waals surface area contributed by atoms with Crippen molar-refractivity contribution in [2.24, 2.45) is 17.4 Å². The number of carbonyl (C=O) groups is 5. The molecule has 2 aromatic rings. The fourth-order valence-electron chi connectivity index (χ4n) is 3.98. The predicted octanol–water partition coefficient (Wildman–Crippen LogP) is -0.731. The minimum atomic E-state index is -1.42. The lowest BCUT2D eigenvalue weighted by molar-refractivity contribution is -0.142. The number of nitrogens with two attached hydrogens (primary N) is 2. The number of aliphatic hydroxyl groups excluding tert-OH is 1. The highest BCUT2D eigenvalue weighted by Crippen LogP contribution is 2.20. The summed E-state index contributed by atoms with van der Waals surface area (Å²) in [5.74, 6) is -4.66. The van der Waals surface area contributed by atoms with E-state index in [0.29, 0.717) is 12.0 Å². The van der Waals surface area contributed by atoms with Gasteiger partial charge in [-0.05, 0) is 30.9 Å². The average Bonchev–Trinajstić information content (AvgIpc) is 3.30. The SMILES string of the molecule is CCC(C)C(NC(=O)C(N)C(C)O)C(=O)NC(Cc1c[nH]c2ccccc12)C(=O)NC(CCC(N)=O)C(=O)O. The van der Waals surface area contributed by atoms with Gasteiger partial charge in [-0.25, -0.2) is 4.79 Å². The first kappa shape index (κ1) is 31.2. The van der Waals surface area contributed by atoms with Crippen LogP contribution in [0.15, 0.2) is 30.5 Å². The van der Waals surface area contributed by atoms with E-state index >= 15 is 0 Å². The number of benzene rings is 1. The summed E-state index contributed by atoms with van der Waals surface area (Å²) in [6, 6.07) is 2.33. The van der Waals surface area contributed by atoms with Gasteiger partial charge in [-0.1, -0.05) is 38.5 Å². The Kier molecular flexibility index (Phi) is 11.4. The average molecular weight is 547 g/mol. The van der Waals surface area contributed by atoms with E-state index in [0.717, 1.165) is 10.9 Å². The number of aromatic nitrogens is 1. The zero-order valence-corrected chi connectivity index (χ0v) is 22.3. The van der Waals surface area contributed by atoms with Crippen LogP contribution in [0.25, 0.3) is 10.9 Å². The highest BCUT2D eigenvalue weighted by molar-refractivity contribution is 5.95. The first-order chi connectivity index (χ1) is 18.3. The highest BCUT2D eigenvalue weighted by atomic mass is 16.4. The molecular weight excluding hydrogens is 508 g/mol. The standard InChI is InChI=1S/C26H38N6O7/c1-4-13(2)22(32-24(36)21(28)14(3)33)25(37)31-19(11-15-12-29-17-8-6-5-7-16(15)17)23(35)30-18(26(38)39)9-10-20(27)34/h5-8,12-14,18-19,21-22,29,33H,4,9-11,28H2,1-3H3,(H2,27,34)(H,30,35)(H,31,37)(H,32,36)(H,38,39). The van der Waals surface area contributed by atoms with Crippen LogP contribution in [0.1, 0.15) is 45.6 Å². The van der Waals surface area contributed by atoms with E-state index in [1.54, 1.807) is 13.1 Å². The van der Waals surface area contributed by atoms with Crippen LogP contribution in [0.5, 0.6) is 0 Å². The number of nitrogens with one attached hydrogen (secondary N) is 4. The second kappa shape index (κ2) is 14.3. The lowest BCUT2D eigenvalue weighted by Gasteiger charge is -2.28. The maximum atomic E-state index is 13.4. The van der Waals surface area contributed by atoms with Crippen molar-refractivity contribution < 1.29 is 34.2 Å². The van der Waals surface area contributed by atoms with E-state index in [-0.39, 0.29) is 25.2 Å². The lowest BCUT2D eigenvalue weighted by Crippen LogP contribution is -2.60. The van der Waals surface area contributed by atoms with Gasteiger partial charge in [0.25, 0.3) is 0 Å². The summed E-state index contributed by atoms with van der Waals surface area (Å²) in [6.45, 7) is 4.90. The van der Waals surface area contributed by atoms with Crippen LogP contribution >= 0.6 is 0 Å². The lowest BCUT2D eigenvalue weighted by atomic mass is 9.96. The van der Waals surface area contributed by atoms with Gasteiger partial charge in [-0.2, -0.15) is 0 Å². The molecule has 13 nitrogen and oxygen atoms in total. The number of aliphatic carboxylic acids is 1. The third-order valence-electron chi connectivity index (χ3n) is 6.64. The molecule has 4 amide bonds. The number of primary amides is 1. The van der Waals surface area contributed by atoms with Crippen LogP contribution in [-0.2, 0) is 30.4 Å². The summed E-state index contributed by atoms with van der Waals surface area (Å²) in [6.07, 6.45) is 0.539. The number of carboxylic acids is 1. The molecule has 39 heavy (non-hydrogen) atoms. The Morgan fingerprint density at radius 2 is 1.62 bits per heavy atom. The predicted molar refractivity (Wildman–Crippen MR) is 143 cm³/mol. The normalized spacial score (nSPS) is 15.8. The number of hydrogen-bond acceptors (Lipinski definition) is 7. The smallest absolute Gasteiger partial charge is 0.326 e. The molecule has 0 saturated carbocycles. The number of para-hydroxylation sites is 1. The molecule has 0 radical (unpaired) electrons. The van der Waals surface area contributed by atoms with Gasteiger partial charge in [0.15, 0.2) is 0 Å². The molecule has 0 aliphatic heterocycles. The number of hydrogen-bond donors (Lipinski definition) is 8. The van der Waals surface area contributed by atoms with E-state index in [9.17, 15) is 34.2 Å². The molecule has 6 atom stereocenters. The third kappa shape index (κ3) is 8.79. The van der Waals surface area contributed by atoms with Crippen molar-refractivity contribution in [2.75, 3.05) is 0 Å². The Morgan fingerprint density at radius 3 is 2.21 bits per heavy atom. The van der Waals surface area contributed by atoms with Crippen LogP contribution in [0.4, 0.5) is 0 Å². The number of carboxylic acid groups (broad SMARTS) is 1. The van der Waals surface area contributed by atoms with E-state index in [2.05, 4.69) is 20.9 Å². The summed E-state index contributed by atoms with van der Waals surface area (Å²) in [4.78, 5) is 65.3. The summed E-state index contributed by atoms with van der Waals surface area (Å²) in [5, 5.41) is 27.6. The van der Waals surface area contributed by atoms with Gasteiger partial charge in [-0.3, -0.25) is 19.2 Å². The van der Waals surface area contributed by atoms with Gasteiger partial charge >= 0.3 is 5.97 Å². The van der Waals surface area contributed by atoms with Gasteiger partial charge in [0.1, 0.15) is 24.2 Å². The summed E-state index contributed by atoms with van der Waals surface area (Å²) in [5.41, 5.74) is 12.4. The summed E-state index contributed by atoms with van der Waals surface area (Å²) >= 11 is 0. The molecule has 10 N–H and O–H groups in total. The number of aromatic amines is 1. The minimum Gasteiger partial charge on any atom is -0.480 e. The monoisotopic (exact) mass is 546 g/mol. The quantitative estimate of drug-likeness (QED) is 0.142. The molecule has 2 rings (SSSR count). The van der Waals surface area contributed by atoms with Crippen LogP contribution in [0.3, 0.4) is 0 Å². The third-order valence-corrected chi connectivity index (χ3v) is 6.64. The van der Waals surface area contributed by atoms with Crippen LogP contribution in [0, 0.1) is 5.92 Å². The molecule has 0 spiro atoms. The fraction of sp³-hybridized carbons (Fsp3) is 0.500. The molecule has 1 aromatic carbocycles. The summed E-state index contributed by atoms with van der Waals surface area (Å²) in [7, 11) is 0. The Hall–Kier alpha value is -3.97. The maximum absolute atomic E-state index is 13.4. The van der Waals surface area contributed by atoms with Crippen molar-refractivity contribution in [1.29, 1.82) is 0 Å². The minimum absolute atomic E-state index is 0.00188. The van der Waals surface area contributed by atoms with E-state index in [1.807, 2.05) is 31.2 Å². The molecule has 0 aliphatic carbocycles. The molecule has 214 valence electrons. The van der Waals surface area contributed by atoms with E-state index in [1.165, 1.54) is 6.92 Å². The Balaban J connectivity index is 2.35. The Labute approximate surface area is 226 Å². The van der Waals surface area contributed by atoms with Gasteiger partial charge in [0, 0.05) is 29.9 Å². The van der Waals surface area contributed by atoms with E-state index in [4.69, 9.17) is 11.5 Å². The fourth-order valence-corrected chi connectivity index (χ4v) is 3.98. The molecule has 0 saturated heterocycles. The first-order valence-corrected chi connectivity index (χ1v) is 12.8. The van der Waals surface area contributed by atoms with Crippen molar-refractivity contribution in [3.05, 3.63) is 36.0 Å². The Bertz CT molecular complexity index is 1180. The van der Waals surface area contributed by atoms with Crippen molar-refractivity contribution in [1.82, 2.24) is 20.9 Å². The zero-order chi connectivity index (χ0) is 29.3. The molecule has 6 unspecified atom stereocenters. The van der Waals surface area contributed by atoms with Gasteiger partial charge in [0.2, 0.25) is 23.6 Å². The number of amides is 4. The number of carbonyl (C=O) groups excluding carboxylic acids is 4. The molecule has 1 heterocycles. The molecule has 0 bridgehead atoms. The number of rotatable bonds is 15. The number of aliphatic hydroxyl groups is 1. The Morgan fingerprint density at radius 1 is 0.974 bits per heavy atom. The first-order valence-electron chi connectivity index (χ1n) is 12.8. The molecule has 13 heteroatoms. The van der Waals surface area contributed by atoms with Crippen LogP contribution in [0.2, 0.25) is 0 Å². The molecule has 0 fully saturated rings. The summed E-state index contributed by atoms with van der Waals surface area (Å²) < 4.78 is 0. The maximum Gasteiger partial charge on any atom is 0.326 e. The van der Waals surface area contributed by atoms with Gasteiger partial charge in [-0.15, -0.1) is 0 Å². The van der Waals surface area contributed by atoms with Crippen molar-refractivity contribution in [2.45, 2.75) is 76.7 Å². The van der Waals surface area contributed by atoms with Gasteiger partial charge < -0.3 is 42.6 Å². The van der Waals surface area contributed by atoms with Crippen LogP contribution in [-0.4, -0.2) is 75.1 Å².